The summed E-state index contributed by atoms with van der Waals surface area (Å²) in [6.07, 6.45) is 5.73. The molecule has 107 heavy (non-hydrogen) atoms. The molecule has 18 N–H and O–H groups in total. The summed E-state index contributed by atoms with van der Waals surface area (Å²) in [7, 11) is 1.42. The molecule has 1 aliphatic rings. The van der Waals surface area contributed by atoms with Gasteiger partial charge in [-0.05, 0) is 85.9 Å². The quantitative estimate of drug-likeness (QED) is 0.0203. The van der Waals surface area contributed by atoms with Gasteiger partial charge < -0.3 is 84.9 Å². The second-order valence-corrected chi connectivity index (χ2v) is 27.8. The number of amides is 11. The lowest BCUT2D eigenvalue weighted by molar-refractivity contribution is -0.140. The standard InChI is InChI=1S/C69H101N19O18S/c1-40(2)28-50(66(103)79-49(62(72)99)18-27-107-7)81-67(104)52(30-45-31-73-39-76-45)78-55(90)32-75-68(105)61(41(3)4)82-63(100)42(5)77-65(102)51(29-44-34-88(53-11-9-8-10-47(44)53)69(106)48(70)16-17-54(71)89)80-64(101)43-12-14-46(15-13-43)83(6)57(92)33-74-56(91)35-84-19-21-85(36-58(93)94)23-25-87(38-60(97)98)26-24-86(22-20-84)37-59(95)96/h8-15,31,34,39-42,48-52,61H,16-30,32-33,35-38,70H2,1-7H3,(H2,71,89)(H2,72,99)(H,73,76)(H,74,91)(H,75,105)(H,77,102)(H,78,90)(H,79,103)(H,80,101)(H,81,104)(H,82,100)(H,93,94)(H,95,96)(H,97,98)/t42-,48-,49-,50-,51-,52-,61-/m0/s1. The van der Waals surface area contributed by atoms with Crippen molar-refractivity contribution in [3.63, 3.8) is 0 Å². The van der Waals surface area contributed by atoms with E-state index in [9.17, 15) is 87.2 Å². The summed E-state index contributed by atoms with van der Waals surface area (Å²) in [5.74, 6) is -12.5. The number of nitrogens with one attached hydrogen (secondary N) is 9. The number of primary amides is 2. The Kier molecular flexibility index (Phi) is 35.3. The largest absolute Gasteiger partial charge is 0.480 e. The number of thioether (sulfide) groups is 1. The minimum atomic E-state index is -1.52. The highest BCUT2D eigenvalue weighted by atomic mass is 32.2. The Labute approximate surface area is 622 Å². The number of hydrogen-bond acceptors (Lipinski definition) is 22. The molecule has 0 bridgehead atoms. The Morgan fingerprint density at radius 2 is 1.14 bits per heavy atom. The van der Waals surface area contributed by atoms with Crippen molar-refractivity contribution in [1.82, 2.24) is 76.7 Å². The van der Waals surface area contributed by atoms with E-state index in [1.54, 1.807) is 57.7 Å². The maximum absolute atomic E-state index is 14.6. The Morgan fingerprint density at radius 3 is 1.66 bits per heavy atom. The van der Waals surface area contributed by atoms with E-state index in [2.05, 4.69) is 52.5 Å². The van der Waals surface area contributed by atoms with Crippen LogP contribution in [0.3, 0.4) is 0 Å². The summed E-state index contributed by atoms with van der Waals surface area (Å²) in [4.78, 5) is 213. The molecule has 0 radical (unpaired) electrons. The first kappa shape index (κ1) is 87.2. The van der Waals surface area contributed by atoms with Gasteiger partial charge in [-0.3, -0.25) is 96.1 Å². The number of fused-ring (bicyclic) bond motifs is 1. The number of H-pyrrole nitrogens is 1. The van der Waals surface area contributed by atoms with Crippen molar-refractivity contribution in [2.75, 3.05) is 116 Å². The average Bonchev–Trinajstić information content (AvgIpc) is 1.64. The number of aliphatic carboxylic acids is 3. The minimum absolute atomic E-state index is 0.0127. The summed E-state index contributed by atoms with van der Waals surface area (Å²) in [5.41, 5.74) is 18.6. The number of nitrogens with two attached hydrogens (primary N) is 3. The van der Waals surface area contributed by atoms with Crippen LogP contribution in [0.5, 0.6) is 0 Å². The molecule has 4 aromatic rings. The molecule has 0 saturated carbocycles. The van der Waals surface area contributed by atoms with Gasteiger partial charge in [0.25, 0.3) is 5.91 Å². The fraction of sp³-hybridized carbons (Fsp3) is 0.536. The van der Waals surface area contributed by atoms with Crippen LogP contribution >= 0.6 is 11.8 Å². The number of aromatic amines is 1. The predicted molar refractivity (Wildman–Crippen MR) is 393 cm³/mol. The van der Waals surface area contributed by atoms with Gasteiger partial charge in [0.1, 0.15) is 36.3 Å². The molecule has 2 aromatic heterocycles. The first-order chi connectivity index (χ1) is 50.6. The van der Waals surface area contributed by atoms with Crippen LogP contribution in [0.4, 0.5) is 5.69 Å². The van der Waals surface area contributed by atoms with Crippen molar-refractivity contribution in [1.29, 1.82) is 0 Å². The summed E-state index contributed by atoms with van der Waals surface area (Å²) >= 11 is 1.45. The Bertz CT molecular complexity index is 3730. The van der Waals surface area contributed by atoms with Crippen molar-refractivity contribution in [2.24, 2.45) is 29.0 Å². The summed E-state index contributed by atoms with van der Waals surface area (Å²) < 4.78 is 1.26. The number of anilines is 1. The van der Waals surface area contributed by atoms with E-state index < -0.39 is 150 Å². The SMILES string of the molecule is CSCC[C@H](NC(=O)[C@H](CC(C)C)NC(=O)[C@H](Cc1cnc[nH]1)NC(=O)CNC(=O)[C@@H](NC(=O)[C@H](C)NC(=O)[C@H](Cc1cn(C(=O)[C@@H](N)CCC(N)=O)c2ccccc12)NC(=O)c1ccc(N(C)C(=O)CNC(=O)CN2CCN(CC(=O)O)CCN(CC(=O)O)CCN(CC(=O)O)CC2)cc1)C(C)C)C(N)=O. The molecule has 11 amide bonds. The molecular weight excluding hydrogens is 1410 g/mol. The van der Waals surface area contributed by atoms with E-state index in [1.165, 1.54) is 78.2 Å². The second-order valence-electron chi connectivity index (χ2n) is 26.8. The number of hydrogen-bond donors (Lipinski definition) is 15. The van der Waals surface area contributed by atoms with Crippen LogP contribution < -0.4 is 64.6 Å². The maximum Gasteiger partial charge on any atom is 0.317 e. The molecule has 3 heterocycles. The topological polar surface area (TPSA) is 541 Å². The predicted octanol–water partition coefficient (Wildman–Crippen LogP) is -3.76. The summed E-state index contributed by atoms with van der Waals surface area (Å²) in [6.45, 7) is 6.96. The molecule has 0 aliphatic carbocycles. The van der Waals surface area contributed by atoms with Crippen molar-refractivity contribution in [2.45, 2.75) is 115 Å². The van der Waals surface area contributed by atoms with Gasteiger partial charge in [-0.25, -0.2) is 4.98 Å². The molecule has 586 valence electrons. The van der Waals surface area contributed by atoms with Crippen molar-refractivity contribution < 1.29 is 87.2 Å². The Hall–Kier alpha value is -10.4. The van der Waals surface area contributed by atoms with Crippen molar-refractivity contribution in [3.05, 3.63) is 84.1 Å². The molecule has 37 nitrogen and oxygen atoms in total. The third kappa shape index (κ3) is 29.5. The number of carboxylic acids is 3. The highest BCUT2D eigenvalue weighted by Gasteiger charge is 2.34. The van der Waals surface area contributed by atoms with Gasteiger partial charge in [0.05, 0.1) is 57.2 Å². The lowest BCUT2D eigenvalue weighted by atomic mass is 10.0. The third-order valence-corrected chi connectivity index (χ3v) is 18.1. The number of benzene rings is 2. The number of carboxylic acid groups (broad SMARTS) is 3. The molecular formula is C69H101N19O18S. The highest BCUT2D eigenvalue weighted by molar-refractivity contribution is 7.98. The van der Waals surface area contributed by atoms with E-state index >= 15 is 0 Å². The number of nitrogens with zero attached hydrogens (tertiary/aromatic N) is 7. The number of imidazole rings is 1. The zero-order valence-corrected chi connectivity index (χ0v) is 61.9. The molecule has 2 aromatic carbocycles. The number of para-hydroxylation sites is 1. The van der Waals surface area contributed by atoms with Crippen LogP contribution in [0.25, 0.3) is 10.9 Å². The van der Waals surface area contributed by atoms with Gasteiger partial charge >= 0.3 is 17.9 Å². The molecule has 5 rings (SSSR count). The summed E-state index contributed by atoms with van der Waals surface area (Å²) in [6, 6.07) is 3.28. The maximum atomic E-state index is 14.6. The first-order valence-electron chi connectivity index (χ1n) is 34.8. The lowest BCUT2D eigenvalue weighted by Gasteiger charge is -2.32. The fourth-order valence-corrected chi connectivity index (χ4v) is 12.0. The second kappa shape index (κ2) is 43.3. The fourth-order valence-electron chi connectivity index (χ4n) is 11.5. The van der Waals surface area contributed by atoms with Gasteiger partial charge in [0.15, 0.2) is 0 Å². The molecule has 1 saturated heterocycles. The van der Waals surface area contributed by atoms with Gasteiger partial charge in [-0.15, -0.1) is 0 Å². The van der Waals surface area contributed by atoms with Crippen LogP contribution in [0.2, 0.25) is 0 Å². The van der Waals surface area contributed by atoms with Crippen molar-refractivity contribution in [3.8, 4) is 0 Å². The van der Waals surface area contributed by atoms with Gasteiger partial charge in [0, 0.05) is 113 Å². The van der Waals surface area contributed by atoms with Crippen LogP contribution in [0.15, 0.2) is 67.3 Å². The van der Waals surface area contributed by atoms with Crippen LogP contribution in [0.1, 0.15) is 86.7 Å². The van der Waals surface area contributed by atoms with Crippen LogP contribution in [-0.2, 0) is 75.2 Å². The molecule has 0 unspecified atom stereocenters. The van der Waals surface area contributed by atoms with E-state index in [0.29, 0.717) is 27.9 Å². The number of aromatic nitrogens is 3. The highest BCUT2D eigenvalue weighted by Crippen LogP contribution is 2.25. The number of carbonyl (C=O) groups excluding carboxylic acids is 12. The van der Waals surface area contributed by atoms with Gasteiger partial charge in [-0.1, -0.05) is 45.9 Å². The monoisotopic (exact) mass is 1520 g/mol. The van der Waals surface area contributed by atoms with E-state index in [-0.39, 0.29) is 134 Å². The van der Waals surface area contributed by atoms with Crippen molar-refractivity contribution >= 4 is 117 Å². The van der Waals surface area contributed by atoms with E-state index in [4.69, 9.17) is 17.2 Å². The molecule has 0 spiro atoms. The Morgan fingerprint density at radius 1 is 0.598 bits per heavy atom. The average molecular weight is 1520 g/mol. The van der Waals surface area contributed by atoms with Gasteiger partial charge in [0.2, 0.25) is 65.0 Å². The molecule has 38 heteroatoms. The number of carbonyl (C=O) groups is 15. The van der Waals surface area contributed by atoms with E-state index in [1.807, 2.05) is 20.1 Å². The van der Waals surface area contributed by atoms with Crippen LogP contribution in [0, 0.1) is 11.8 Å². The zero-order valence-electron chi connectivity index (χ0n) is 61.1. The zero-order chi connectivity index (χ0) is 79.2. The molecule has 1 aliphatic heterocycles. The lowest BCUT2D eigenvalue weighted by Crippen LogP contribution is -2.59. The Balaban J connectivity index is 1.29. The number of likely N-dealkylation sites (N-methyl/N-ethyl adjacent to an activating group) is 1. The first-order valence-corrected chi connectivity index (χ1v) is 36.2. The van der Waals surface area contributed by atoms with Gasteiger partial charge in [-0.2, -0.15) is 11.8 Å². The summed E-state index contributed by atoms with van der Waals surface area (Å²) in [5, 5.41) is 50.1. The minimum Gasteiger partial charge on any atom is -0.480 e. The normalized spacial score (nSPS) is 15.5. The van der Waals surface area contributed by atoms with Crippen LogP contribution in [-0.4, -0.2) is 291 Å². The molecule has 7 atom stereocenters. The smallest absolute Gasteiger partial charge is 0.317 e. The third-order valence-electron chi connectivity index (χ3n) is 17.5. The van der Waals surface area contributed by atoms with E-state index in [0.717, 1.165) is 0 Å². The molecule has 1 fully saturated rings. The number of rotatable bonds is 40.